The maximum atomic E-state index is 13.4. The van der Waals surface area contributed by atoms with Gasteiger partial charge < -0.3 is 36.0 Å². The van der Waals surface area contributed by atoms with E-state index >= 15 is 0 Å². The van der Waals surface area contributed by atoms with E-state index in [0.29, 0.717) is 13.0 Å². The molecule has 1 aromatic rings. The van der Waals surface area contributed by atoms with E-state index in [4.69, 9.17) is 4.74 Å². The molecule has 5 N–H and O–H groups in total. The minimum atomic E-state index is -1.30. The molecule has 0 aromatic heterocycles. The number of aliphatic hydroxyl groups excluding tert-OH is 1. The third kappa shape index (κ3) is 8.49. The van der Waals surface area contributed by atoms with Gasteiger partial charge in [-0.1, -0.05) is 44.2 Å². The molecule has 5 amide bonds. The summed E-state index contributed by atoms with van der Waals surface area (Å²) in [6.45, 7) is 4.96. The number of benzene rings is 1. The van der Waals surface area contributed by atoms with Crippen LogP contribution in [0, 0.1) is 5.92 Å². The molecule has 2 fully saturated rings. The number of carbonyl (C=O) groups is 5. The number of aliphatic hydroxyl groups is 1. The van der Waals surface area contributed by atoms with Crippen molar-refractivity contribution in [3.63, 3.8) is 0 Å². The minimum absolute atomic E-state index is 0.00645. The van der Waals surface area contributed by atoms with E-state index in [1.54, 1.807) is 38.1 Å². The topological polar surface area (TPSA) is 166 Å². The average molecular weight is 546 g/mol. The molecule has 0 unspecified atom stereocenters. The first-order chi connectivity index (χ1) is 18.6. The Kier molecular flexibility index (Phi) is 10.8. The van der Waals surface area contributed by atoms with Crippen molar-refractivity contribution in [3.8, 4) is 0 Å². The highest BCUT2D eigenvalue weighted by atomic mass is 16.5. The van der Waals surface area contributed by atoms with Gasteiger partial charge >= 0.3 is 0 Å². The van der Waals surface area contributed by atoms with Gasteiger partial charge in [0.15, 0.2) is 0 Å². The second-order valence-corrected chi connectivity index (χ2v) is 10.3. The maximum absolute atomic E-state index is 13.4. The summed E-state index contributed by atoms with van der Waals surface area (Å²) in [7, 11) is 0. The summed E-state index contributed by atoms with van der Waals surface area (Å²) >= 11 is 0. The number of nitrogens with one attached hydrogen (secondary N) is 4. The Hall–Kier alpha value is -3.51. The summed E-state index contributed by atoms with van der Waals surface area (Å²) in [5.41, 5.74) is 0.766. The van der Waals surface area contributed by atoms with Crippen molar-refractivity contribution >= 4 is 29.5 Å². The number of amides is 5. The third-order valence-corrected chi connectivity index (χ3v) is 6.78. The predicted octanol–water partition coefficient (Wildman–Crippen LogP) is -1.14. The lowest BCUT2D eigenvalue weighted by atomic mass is 10.0. The molecule has 5 atom stereocenters. The largest absolute Gasteiger partial charge is 0.391 e. The van der Waals surface area contributed by atoms with Gasteiger partial charge in [-0.05, 0) is 31.2 Å². The van der Waals surface area contributed by atoms with Crippen LogP contribution in [-0.4, -0.2) is 96.1 Å². The van der Waals surface area contributed by atoms with Gasteiger partial charge in [0, 0.05) is 26.1 Å². The zero-order valence-electron chi connectivity index (χ0n) is 22.6. The first-order valence-corrected chi connectivity index (χ1v) is 13.4. The van der Waals surface area contributed by atoms with Crippen LogP contribution >= 0.6 is 0 Å². The van der Waals surface area contributed by atoms with Crippen molar-refractivity contribution in [2.24, 2.45) is 5.92 Å². The molecule has 2 heterocycles. The molecule has 214 valence electrons. The zero-order valence-corrected chi connectivity index (χ0v) is 22.6. The number of hydrogen-bond acceptors (Lipinski definition) is 7. The lowest BCUT2D eigenvalue weighted by Gasteiger charge is -2.28. The molecule has 1 aromatic carbocycles. The molecule has 12 nitrogen and oxygen atoms in total. The van der Waals surface area contributed by atoms with E-state index < -0.39 is 54.0 Å². The SMILES string of the molecule is CC(C)[C@H]1NC(=O)CN(C(=O)[C@H]2CCCO2)CCNC(=O)[C@H]([C@@H](C)O)NC(=O)[C@H](Cc2ccccc2)NC1=O. The molecule has 0 bridgehead atoms. The lowest BCUT2D eigenvalue weighted by molar-refractivity contribution is -0.144. The highest BCUT2D eigenvalue weighted by molar-refractivity contribution is 5.95. The molecule has 39 heavy (non-hydrogen) atoms. The third-order valence-electron chi connectivity index (χ3n) is 6.78. The monoisotopic (exact) mass is 545 g/mol. The molecular formula is C27H39N5O7. The Morgan fingerprint density at radius 3 is 2.33 bits per heavy atom. The second-order valence-electron chi connectivity index (χ2n) is 10.3. The van der Waals surface area contributed by atoms with Crippen LogP contribution in [0.5, 0.6) is 0 Å². The van der Waals surface area contributed by atoms with Gasteiger partial charge in [0.2, 0.25) is 23.6 Å². The van der Waals surface area contributed by atoms with E-state index in [9.17, 15) is 29.1 Å². The fraction of sp³-hybridized carbons (Fsp3) is 0.593. The number of rotatable bonds is 5. The summed E-state index contributed by atoms with van der Waals surface area (Å²) in [6.07, 6.45) is -0.547. The summed E-state index contributed by atoms with van der Waals surface area (Å²) in [4.78, 5) is 67.0. The standard InChI is InChI=1S/C27H39N5O7/c1-16(2)22-26(37)29-19(14-18-8-5-4-6-9-18)24(35)31-23(17(3)33)25(36)28-11-12-32(15-21(34)30-22)27(38)20-10-7-13-39-20/h4-6,8-9,16-17,19-20,22-23,33H,7,10-15H2,1-3H3,(H,28,36)(H,29,37)(H,30,34)(H,31,35)/t17-,19+,20-,22-,23+/m1/s1. The number of hydrogen-bond donors (Lipinski definition) is 5. The molecule has 0 radical (unpaired) electrons. The molecule has 2 saturated heterocycles. The predicted molar refractivity (Wildman–Crippen MR) is 141 cm³/mol. The lowest BCUT2D eigenvalue weighted by Crippen LogP contribution is -2.60. The molecule has 0 saturated carbocycles. The molecular weight excluding hydrogens is 506 g/mol. The van der Waals surface area contributed by atoms with Crippen molar-refractivity contribution in [2.45, 2.75) is 70.4 Å². The quantitative estimate of drug-likeness (QED) is 0.312. The zero-order chi connectivity index (χ0) is 28.5. The van der Waals surface area contributed by atoms with Crippen LogP contribution in [0.3, 0.4) is 0 Å². The van der Waals surface area contributed by atoms with E-state index in [2.05, 4.69) is 21.3 Å². The molecule has 2 aliphatic heterocycles. The number of carbonyl (C=O) groups excluding carboxylic acids is 5. The van der Waals surface area contributed by atoms with Crippen molar-refractivity contribution in [2.75, 3.05) is 26.2 Å². The molecule has 2 aliphatic rings. The van der Waals surface area contributed by atoms with Gasteiger partial charge in [0.1, 0.15) is 24.2 Å². The van der Waals surface area contributed by atoms with Crippen LogP contribution in [0.2, 0.25) is 0 Å². The van der Waals surface area contributed by atoms with Crippen LogP contribution in [-0.2, 0) is 35.1 Å². The fourth-order valence-electron chi connectivity index (χ4n) is 4.57. The highest BCUT2D eigenvalue weighted by Gasteiger charge is 2.34. The average Bonchev–Trinajstić information content (AvgIpc) is 3.43. The van der Waals surface area contributed by atoms with E-state index in [0.717, 1.165) is 12.0 Å². The van der Waals surface area contributed by atoms with Gasteiger partial charge in [-0.15, -0.1) is 0 Å². The van der Waals surface area contributed by atoms with Crippen molar-refractivity contribution in [3.05, 3.63) is 35.9 Å². The maximum Gasteiger partial charge on any atom is 0.252 e. The number of ether oxygens (including phenoxy) is 1. The van der Waals surface area contributed by atoms with Gasteiger partial charge in [0.25, 0.3) is 5.91 Å². The van der Waals surface area contributed by atoms with Gasteiger partial charge in [-0.3, -0.25) is 24.0 Å². The molecule has 3 rings (SSSR count). The van der Waals surface area contributed by atoms with Crippen LogP contribution in [0.15, 0.2) is 30.3 Å². The first kappa shape index (κ1) is 30.0. The normalized spacial score (nSPS) is 26.5. The Labute approximate surface area is 228 Å². The molecule has 0 aliphatic carbocycles. The van der Waals surface area contributed by atoms with Crippen LogP contribution in [0.25, 0.3) is 0 Å². The van der Waals surface area contributed by atoms with E-state index in [-0.39, 0.29) is 37.9 Å². The van der Waals surface area contributed by atoms with Crippen molar-refractivity contribution < 1.29 is 33.8 Å². The van der Waals surface area contributed by atoms with Crippen LogP contribution in [0.4, 0.5) is 0 Å². The summed E-state index contributed by atoms with van der Waals surface area (Å²) < 4.78 is 5.49. The van der Waals surface area contributed by atoms with Crippen molar-refractivity contribution in [1.29, 1.82) is 0 Å². The summed E-state index contributed by atoms with van der Waals surface area (Å²) in [6, 6.07) is 5.65. The Morgan fingerprint density at radius 1 is 1.00 bits per heavy atom. The van der Waals surface area contributed by atoms with Crippen molar-refractivity contribution in [1.82, 2.24) is 26.2 Å². The van der Waals surface area contributed by atoms with Gasteiger partial charge in [-0.25, -0.2) is 0 Å². The highest BCUT2D eigenvalue weighted by Crippen LogP contribution is 2.15. The Bertz CT molecular complexity index is 1030. The van der Waals surface area contributed by atoms with Gasteiger partial charge in [0.05, 0.1) is 12.6 Å². The Balaban J connectivity index is 1.90. The first-order valence-electron chi connectivity index (χ1n) is 13.4. The van der Waals surface area contributed by atoms with Crippen LogP contribution < -0.4 is 21.3 Å². The number of nitrogens with zero attached hydrogens (tertiary/aromatic N) is 1. The molecule has 12 heteroatoms. The van der Waals surface area contributed by atoms with Crippen LogP contribution in [0.1, 0.15) is 39.2 Å². The Morgan fingerprint density at radius 2 is 1.72 bits per heavy atom. The van der Waals surface area contributed by atoms with E-state index in [1.807, 2.05) is 6.07 Å². The van der Waals surface area contributed by atoms with Gasteiger partial charge in [-0.2, -0.15) is 0 Å². The fourth-order valence-corrected chi connectivity index (χ4v) is 4.57. The second kappa shape index (κ2) is 14.0. The summed E-state index contributed by atoms with van der Waals surface area (Å²) in [5, 5.41) is 20.9. The van der Waals surface area contributed by atoms with E-state index in [1.165, 1.54) is 11.8 Å². The molecule has 0 spiro atoms. The smallest absolute Gasteiger partial charge is 0.252 e. The minimum Gasteiger partial charge on any atom is -0.391 e. The summed E-state index contributed by atoms with van der Waals surface area (Å²) in [5.74, 6) is -3.17.